The van der Waals surface area contributed by atoms with E-state index in [-0.39, 0.29) is 25.7 Å². The molecule has 570 valence electrons. The number of aliphatic hydroxyl groups is 1. The highest BCUT2D eigenvalue weighted by atomic mass is 31.2. The van der Waals surface area contributed by atoms with E-state index in [1.165, 1.54) is 212 Å². The third-order valence-electron chi connectivity index (χ3n) is 18.0. The number of carbonyl (C=O) groups excluding carboxylic acids is 4. The van der Waals surface area contributed by atoms with Crippen LogP contribution in [0.1, 0.15) is 401 Å². The van der Waals surface area contributed by atoms with Crippen LogP contribution in [0.3, 0.4) is 0 Å². The predicted molar refractivity (Wildman–Crippen MR) is 391 cm³/mol. The lowest BCUT2D eigenvalue weighted by Crippen LogP contribution is -2.30. The highest BCUT2D eigenvalue weighted by molar-refractivity contribution is 7.47. The second-order valence-electron chi connectivity index (χ2n) is 28.7. The Balaban J connectivity index is 5.20. The maximum atomic E-state index is 13.1. The molecule has 0 aromatic heterocycles. The standard InChI is InChI=1S/C77H150O17P2/c1-7-9-11-13-15-17-18-19-20-21-22-23-24-25-26-31-37-43-49-55-61-76(81)94-73(66-88-75(80)60-54-48-42-36-32-27-29-34-39-45-51-57-69(3)4)68-92-96(85,86)90-64-71(78)63-89-95(83,84)91-67-72(65-87-74(79)59-53-47-41-16-14-12-10-8-2)93-77(82)62-56-50-44-38-33-28-30-35-40-46-52-58-70(5)6/h69-73,78H,7-68H2,1-6H3,(H,83,84)(H,85,86)/t71-,72+,73+/m0/s1. The molecule has 0 aromatic carbocycles. The van der Waals surface area contributed by atoms with Crippen LogP contribution in [0, 0.1) is 11.8 Å². The Bertz CT molecular complexity index is 1860. The Hall–Kier alpha value is -1.94. The molecule has 0 aliphatic carbocycles. The zero-order chi connectivity index (χ0) is 70.7. The van der Waals surface area contributed by atoms with Crippen LogP contribution >= 0.6 is 15.6 Å². The molecule has 0 fully saturated rings. The van der Waals surface area contributed by atoms with Crippen molar-refractivity contribution in [1.29, 1.82) is 0 Å². The number of phosphoric ester groups is 2. The summed E-state index contributed by atoms with van der Waals surface area (Å²) in [5, 5.41) is 10.6. The van der Waals surface area contributed by atoms with Gasteiger partial charge in [-0.2, -0.15) is 0 Å². The van der Waals surface area contributed by atoms with Gasteiger partial charge in [0.05, 0.1) is 26.4 Å². The average molecular weight is 1410 g/mol. The van der Waals surface area contributed by atoms with Gasteiger partial charge in [-0.3, -0.25) is 37.3 Å². The first-order chi connectivity index (χ1) is 46.4. The summed E-state index contributed by atoms with van der Waals surface area (Å²) in [5.74, 6) is -0.580. The third kappa shape index (κ3) is 70.5. The van der Waals surface area contributed by atoms with Gasteiger partial charge in [0, 0.05) is 25.7 Å². The number of aliphatic hydroxyl groups excluding tert-OH is 1. The lowest BCUT2D eigenvalue weighted by Gasteiger charge is -2.21. The van der Waals surface area contributed by atoms with Gasteiger partial charge < -0.3 is 33.8 Å². The minimum atomic E-state index is -4.96. The van der Waals surface area contributed by atoms with Crippen LogP contribution in [0.25, 0.3) is 0 Å². The maximum Gasteiger partial charge on any atom is 0.472 e. The van der Waals surface area contributed by atoms with Crippen molar-refractivity contribution in [3.05, 3.63) is 0 Å². The number of phosphoric acid groups is 2. The fourth-order valence-corrected chi connectivity index (χ4v) is 13.4. The van der Waals surface area contributed by atoms with E-state index in [4.69, 9.17) is 37.0 Å². The summed E-state index contributed by atoms with van der Waals surface area (Å²) in [6.45, 7) is 9.58. The SMILES string of the molecule is CCCCCCCCCCCCCCCCCCCCCCC(=O)O[C@H](COC(=O)CCCCCCCCCCCCCC(C)C)COP(=O)(O)OC[C@@H](O)COP(=O)(O)OC[C@@H](COC(=O)CCCCCCCCCC)OC(=O)CCCCCCCCCCCCCC(C)C. The van der Waals surface area contributed by atoms with Crippen LogP contribution in [-0.4, -0.2) is 96.7 Å². The highest BCUT2D eigenvalue weighted by Gasteiger charge is 2.30. The van der Waals surface area contributed by atoms with Crippen molar-refractivity contribution in [3.63, 3.8) is 0 Å². The molecule has 96 heavy (non-hydrogen) atoms. The molecule has 0 rings (SSSR count). The largest absolute Gasteiger partial charge is 0.472 e. The molecule has 0 bridgehead atoms. The molecule has 0 spiro atoms. The molecule has 0 aromatic rings. The first-order valence-electron chi connectivity index (χ1n) is 40.0. The Morgan fingerprint density at radius 1 is 0.281 bits per heavy atom. The van der Waals surface area contributed by atoms with Crippen molar-refractivity contribution in [3.8, 4) is 0 Å². The van der Waals surface area contributed by atoms with Gasteiger partial charge in [0.2, 0.25) is 0 Å². The second kappa shape index (κ2) is 68.8. The second-order valence-corrected chi connectivity index (χ2v) is 31.6. The fraction of sp³-hybridized carbons (Fsp3) is 0.948. The van der Waals surface area contributed by atoms with Crippen molar-refractivity contribution in [2.24, 2.45) is 11.8 Å². The molecule has 0 aliphatic rings. The Morgan fingerprint density at radius 3 is 0.708 bits per heavy atom. The van der Waals surface area contributed by atoms with Crippen molar-refractivity contribution in [2.75, 3.05) is 39.6 Å². The summed E-state index contributed by atoms with van der Waals surface area (Å²) in [6, 6.07) is 0. The quantitative estimate of drug-likeness (QED) is 0.0222. The number of ether oxygens (including phenoxy) is 4. The van der Waals surface area contributed by atoms with E-state index in [0.29, 0.717) is 25.7 Å². The number of rotatable bonds is 76. The number of unbranched alkanes of at least 4 members (excludes halogenated alkanes) is 46. The minimum absolute atomic E-state index is 0.106. The van der Waals surface area contributed by atoms with E-state index >= 15 is 0 Å². The monoisotopic (exact) mass is 1410 g/mol. The Kier molecular flexibility index (Phi) is 67.4. The predicted octanol–water partition coefficient (Wildman–Crippen LogP) is 22.7. The molecule has 0 heterocycles. The van der Waals surface area contributed by atoms with E-state index in [1.54, 1.807) is 0 Å². The number of hydrogen-bond acceptors (Lipinski definition) is 15. The fourth-order valence-electron chi connectivity index (χ4n) is 11.8. The van der Waals surface area contributed by atoms with Gasteiger partial charge in [-0.05, 0) is 37.5 Å². The van der Waals surface area contributed by atoms with E-state index < -0.39 is 97.5 Å². The van der Waals surface area contributed by atoms with Gasteiger partial charge >= 0.3 is 39.5 Å². The van der Waals surface area contributed by atoms with E-state index in [2.05, 4.69) is 41.5 Å². The van der Waals surface area contributed by atoms with Crippen molar-refractivity contribution < 1.29 is 80.2 Å². The van der Waals surface area contributed by atoms with Crippen LogP contribution in [0.15, 0.2) is 0 Å². The van der Waals surface area contributed by atoms with Crippen molar-refractivity contribution in [2.45, 2.75) is 419 Å². The first kappa shape index (κ1) is 94.1. The van der Waals surface area contributed by atoms with Gasteiger partial charge in [0.1, 0.15) is 19.3 Å². The van der Waals surface area contributed by atoms with Crippen LogP contribution in [0.5, 0.6) is 0 Å². The van der Waals surface area contributed by atoms with Gasteiger partial charge in [-0.15, -0.1) is 0 Å². The normalized spacial score (nSPS) is 14.0. The van der Waals surface area contributed by atoms with Gasteiger partial charge in [-0.1, -0.05) is 350 Å². The van der Waals surface area contributed by atoms with Crippen LogP contribution in [0.2, 0.25) is 0 Å². The highest BCUT2D eigenvalue weighted by Crippen LogP contribution is 2.45. The zero-order valence-corrected chi connectivity index (χ0v) is 64.5. The average Bonchev–Trinajstić information content (AvgIpc) is 1.49. The number of hydrogen-bond donors (Lipinski definition) is 3. The molecular formula is C77H150O17P2. The summed E-state index contributed by atoms with van der Waals surface area (Å²) in [7, 11) is -9.91. The Morgan fingerprint density at radius 2 is 0.479 bits per heavy atom. The van der Waals surface area contributed by atoms with E-state index in [0.717, 1.165) is 108 Å². The third-order valence-corrected chi connectivity index (χ3v) is 19.9. The molecule has 19 heteroatoms. The number of esters is 4. The molecule has 0 amide bonds. The van der Waals surface area contributed by atoms with Crippen molar-refractivity contribution in [1.82, 2.24) is 0 Å². The molecule has 0 radical (unpaired) electrons. The summed E-state index contributed by atoms with van der Waals surface area (Å²) in [4.78, 5) is 72.8. The van der Waals surface area contributed by atoms with E-state index in [9.17, 15) is 43.2 Å². The summed E-state index contributed by atoms with van der Waals surface area (Å²) in [6.07, 6.45) is 57.0. The summed E-state index contributed by atoms with van der Waals surface area (Å²) < 4.78 is 68.5. The zero-order valence-electron chi connectivity index (χ0n) is 62.7. The molecule has 0 saturated heterocycles. The van der Waals surface area contributed by atoms with Gasteiger partial charge in [-0.25, -0.2) is 9.13 Å². The van der Waals surface area contributed by atoms with Crippen LogP contribution in [-0.2, 0) is 65.4 Å². The number of carbonyl (C=O) groups is 4. The molecule has 3 N–H and O–H groups in total. The van der Waals surface area contributed by atoms with Crippen LogP contribution in [0.4, 0.5) is 0 Å². The first-order valence-corrected chi connectivity index (χ1v) is 43.0. The van der Waals surface area contributed by atoms with Gasteiger partial charge in [0.25, 0.3) is 0 Å². The lowest BCUT2D eigenvalue weighted by atomic mass is 10.0. The molecule has 5 atom stereocenters. The van der Waals surface area contributed by atoms with Crippen LogP contribution < -0.4 is 0 Å². The molecule has 2 unspecified atom stereocenters. The van der Waals surface area contributed by atoms with E-state index in [1.807, 2.05) is 0 Å². The smallest absolute Gasteiger partial charge is 0.462 e. The molecule has 0 saturated carbocycles. The summed E-state index contributed by atoms with van der Waals surface area (Å²) in [5.41, 5.74) is 0. The molecule has 17 nitrogen and oxygen atoms in total. The topological polar surface area (TPSA) is 237 Å². The summed E-state index contributed by atoms with van der Waals surface area (Å²) >= 11 is 0. The maximum absolute atomic E-state index is 13.1. The molecular weight excluding hydrogens is 1260 g/mol. The minimum Gasteiger partial charge on any atom is -0.462 e. The van der Waals surface area contributed by atoms with Crippen molar-refractivity contribution >= 4 is 39.5 Å². The Labute approximate surface area is 588 Å². The molecule has 0 aliphatic heterocycles. The van der Waals surface area contributed by atoms with Gasteiger partial charge in [0.15, 0.2) is 12.2 Å². The lowest BCUT2D eigenvalue weighted by molar-refractivity contribution is -0.161.